The van der Waals surface area contributed by atoms with Gasteiger partial charge in [-0.2, -0.15) is 4.98 Å². The summed E-state index contributed by atoms with van der Waals surface area (Å²) in [5, 5.41) is 4.48. The summed E-state index contributed by atoms with van der Waals surface area (Å²) in [5.74, 6) is 1.71. The fourth-order valence-corrected chi connectivity index (χ4v) is 2.28. The van der Waals surface area contributed by atoms with Crippen LogP contribution in [-0.4, -0.2) is 15.1 Å². The Labute approximate surface area is 139 Å². The Hall–Kier alpha value is -2.40. The maximum absolute atomic E-state index is 5.75. The highest BCUT2D eigenvalue weighted by atomic mass is 35.5. The molecular formula is C17H16ClN3O2. The van der Waals surface area contributed by atoms with Gasteiger partial charge in [-0.1, -0.05) is 54.0 Å². The number of rotatable bonds is 5. The third-order valence-corrected chi connectivity index (χ3v) is 3.73. The Bertz CT molecular complexity index is 759. The second-order valence-corrected chi connectivity index (χ2v) is 5.59. The van der Waals surface area contributed by atoms with Crippen LogP contribution in [0.3, 0.4) is 0 Å². The summed E-state index contributed by atoms with van der Waals surface area (Å²) < 4.78 is 11.1. The van der Waals surface area contributed by atoms with Crippen LogP contribution in [0.25, 0.3) is 0 Å². The largest absolute Gasteiger partial charge is 0.479 e. The van der Waals surface area contributed by atoms with E-state index in [1.807, 2.05) is 44.2 Å². The molecule has 23 heavy (non-hydrogen) atoms. The van der Waals surface area contributed by atoms with Crippen molar-refractivity contribution in [2.24, 2.45) is 0 Å². The van der Waals surface area contributed by atoms with Gasteiger partial charge in [0.15, 0.2) is 11.9 Å². The zero-order valence-corrected chi connectivity index (χ0v) is 13.6. The van der Waals surface area contributed by atoms with Crippen molar-refractivity contribution in [1.29, 1.82) is 0 Å². The molecule has 3 rings (SSSR count). The molecule has 1 unspecified atom stereocenters. The van der Waals surface area contributed by atoms with Crippen LogP contribution in [0, 0.1) is 0 Å². The van der Waals surface area contributed by atoms with E-state index >= 15 is 0 Å². The first-order chi connectivity index (χ1) is 11.1. The lowest BCUT2D eigenvalue weighted by molar-refractivity contribution is 0.175. The van der Waals surface area contributed by atoms with Gasteiger partial charge in [-0.05, 0) is 24.6 Å². The maximum atomic E-state index is 5.75. The monoisotopic (exact) mass is 329 g/mol. The molecule has 0 fully saturated rings. The van der Waals surface area contributed by atoms with Crippen LogP contribution in [0.2, 0.25) is 5.15 Å². The Morgan fingerprint density at radius 3 is 2.57 bits per heavy atom. The number of halogens is 1. The van der Waals surface area contributed by atoms with Crippen molar-refractivity contribution in [2.45, 2.75) is 25.9 Å². The van der Waals surface area contributed by atoms with Gasteiger partial charge in [0.25, 0.3) is 5.89 Å². The highest BCUT2D eigenvalue weighted by molar-refractivity contribution is 6.29. The fourth-order valence-electron chi connectivity index (χ4n) is 2.17. The molecule has 0 aliphatic carbocycles. The zero-order chi connectivity index (χ0) is 16.2. The minimum Gasteiger partial charge on any atom is -0.479 e. The summed E-state index contributed by atoms with van der Waals surface area (Å²) in [6.45, 7) is 3.89. The van der Waals surface area contributed by atoms with E-state index < -0.39 is 0 Å². The number of ether oxygens (including phenoxy) is 1. The van der Waals surface area contributed by atoms with Crippen molar-refractivity contribution in [1.82, 2.24) is 15.1 Å². The molecule has 2 heterocycles. The van der Waals surface area contributed by atoms with Gasteiger partial charge in [0.2, 0.25) is 0 Å². The predicted octanol–water partition coefficient (Wildman–Crippen LogP) is 4.41. The van der Waals surface area contributed by atoms with Crippen LogP contribution in [0.4, 0.5) is 0 Å². The molecule has 0 aliphatic rings. The van der Waals surface area contributed by atoms with Crippen LogP contribution >= 0.6 is 11.6 Å². The molecule has 0 radical (unpaired) electrons. The molecule has 0 saturated heterocycles. The molecule has 2 atom stereocenters. The number of benzene rings is 1. The molecule has 0 bridgehead atoms. The first-order valence-electron chi connectivity index (χ1n) is 7.30. The van der Waals surface area contributed by atoms with E-state index in [4.69, 9.17) is 20.9 Å². The van der Waals surface area contributed by atoms with Gasteiger partial charge in [-0.3, -0.25) is 0 Å². The lowest BCUT2D eigenvalue weighted by Gasteiger charge is -2.10. The van der Waals surface area contributed by atoms with E-state index in [9.17, 15) is 0 Å². The normalized spacial score (nSPS) is 13.5. The third kappa shape index (κ3) is 3.68. The Morgan fingerprint density at radius 1 is 1.09 bits per heavy atom. The Morgan fingerprint density at radius 2 is 1.87 bits per heavy atom. The third-order valence-electron chi connectivity index (χ3n) is 3.51. The van der Waals surface area contributed by atoms with Gasteiger partial charge >= 0.3 is 0 Å². The molecule has 3 aromatic rings. The average molecular weight is 330 g/mol. The molecular weight excluding hydrogens is 314 g/mol. The quantitative estimate of drug-likeness (QED) is 0.649. The lowest BCUT2D eigenvalue weighted by atomic mass is 10.0. The Balaban J connectivity index is 1.72. The van der Waals surface area contributed by atoms with Gasteiger partial charge in [0.05, 0.1) is 6.20 Å². The standard InChI is InChI=1S/C17H16ClN3O2/c1-11(13-6-4-3-5-7-13)16-20-17(23-21-16)12(2)22-14-8-9-15(18)19-10-14/h3-12H,1-2H3/t11?,12-/m0/s1. The summed E-state index contributed by atoms with van der Waals surface area (Å²) in [7, 11) is 0. The van der Waals surface area contributed by atoms with Gasteiger partial charge in [0, 0.05) is 5.92 Å². The SMILES string of the molecule is CC(c1ccccc1)c1noc([C@H](C)Oc2ccc(Cl)nc2)n1. The van der Waals surface area contributed by atoms with E-state index in [1.54, 1.807) is 18.3 Å². The number of aromatic nitrogens is 3. The number of pyridine rings is 1. The molecule has 0 saturated carbocycles. The van der Waals surface area contributed by atoms with Crippen molar-refractivity contribution >= 4 is 11.6 Å². The van der Waals surface area contributed by atoms with Crippen molar-refractivity contribution in [3.05, 3.63) is 71.1 Å². The first-order valence-corrected chi connectivity index (χ1v) is 7.68. The van der Waals surface area contributed by atoms with Crippen molar-refractivity contribution in [3.8, 4) is 5.75 Å². The molecule has 2 aromatic heterocycles. The lowest BCUT2D eigenvalue weighted by Crippen LogP contribution is -2.05. The second kappa shape index (κ2) is 6.79. The van der Waals surface area contributed by atoms with E-state index in [1.165, 1.54) is 0 Å². The molecule has 0 N–H and O–H groups in total. The molecule has 118 valence electrons. The molecule has 0 aliphatic heterocycles. The highest BCUT2D eigenvalue weighted by Gasteiger charge is 2.20. The van der Waals surface area contributed by atoms with E-state index in [-0.39, 0.29) is 12.0 Å². The minimum atomic E-state index is -0.373. The van der Waals surface area contributed by atoms with E-state index in [2.05, 4.69) is 15.1 Å². The first kappa shape index (κ1) is 15.5. The molecule has 6 heteroatoms. The van der Waals surface area contributed by atoms with Gasteiger partial charge in [0.1, 0.15) is 10.9 Å². The number of hydrogen-bond donors (Lipinski definition) is 0. The average Bonchev–Trinajstić information content (AvgIpc) is 3.07. The summed E-state index contributed by atoms with van der Waals surface area (Å²) in [4.78, 5) is 8.42. The predicted molar refractivity (Wildman–Crippen MR) is 86.5 cm³/mol. The van der Waals surface area contributed by atoms with Crippen LogP contribution in [-0.2, 0) is 0 Å². The number of nitrogens with zero attached hydrogens (tertiary/aromatic N) is 3. The molecule has 0 amide bonds. The van der Waals surface area contributed by atoms with Crippen molar-refractivity contribution in [3.63, 3.8) is 0 Å². The minimum absolute atomic E-state index is 0.0538. The second-order valence-electron chi connectivity index (χ2n) is 5.20. The summed E-state index contributed by atoms with van der Waals surface area (Å²) in [6.07, 6.45) is 1.19. The highest BCUT2D eigenvalue weighted by Crippen LogP contribution is 2.25. The zero-order valence-electron chi connectivity index (χ0n) is 12.8. The van der Waals surface area contributed by atoms with E-state index in [0.29, 0.717) is 22.6 Å². The smallest absolute Gasteiger partial charge is 0.267 e. The maximum Gasteiger partial charge on any atom is 0.267 e. The van der Waals surface area contributed by atoms with Crippen LogP contribution < -0.4 is 4.74 Å². The molecule has 5 nitrogen and oxygen atoms in total. The topological polar surface area (TPSA) is 61.0 Å². The van der Waals surface area contributed by atoms with Crippen molar-refractivity contribution < 1.29 is 9.26 Å². The van der Waals surface area contributed by atoms with Gasteiger partial charge in [-0.25, -0.2) is 4.98 Å². The Kier molecular flexibility index (Phi) is 4.57. The number of hydrogen-bond acceptors (Lipinski definition) is 5. The molecule has 0 spiro atoms. The fraction of sp³-hybridized carbons (Fsp3) is 0.235. The van der Waals surface area contributed by atoms with Crippen LogP contribution in [0.15, 0.2) is 53.2 Å². The van der Waals surface area contributed by atoms with E-state index in [0.717, 1.165) is 5.56 Å². The van der Waals surface area contributed by atoms with Crippen LogP contribution in [0.1, 0.15) is 43.1 Å². The summed E-state index contributed by atoms with van der Waals surface area (Å²) >= 11 is 5.75. The van der Waals surface area contributed by atoms with Gasteiger partial charge < -0.3 is 9.26 Å². The van der Waals surface area contributed by atoms with Crippen molar-refractivity contribution in [2.75, 3.05) is 0 Å². The molecule has 1 aromatic carbocycles. The summed E-state index contributed by atoms with van der Waals surface area (Å²) in [5.41, 5.74) is 1.13. The summed E-state index contributed by atoms with van der Waals surface area (Å²) in [6, 6.07) is 13.5. The van der Waals surface area contributed by atoms with Gasteiger partial charge in [-0.15, -0.1) is 0 Å². The van der Waals surface area contributed by atoms with Crippen LogP contribution in [0.5, 0.6) is 5.75 Å².